The van der Waals surface area contributed by atoms with E-state index in [1.807, 2.05) is 53.1 Å². The highest BCUT2D eigenvalue weighted by Gasteiger charge is 2.23. The number of fused-ring (bicyclic) bond motifs is 1. The summed E-state index contributed by atoms with van der Waals surface area (Å²) in [6.07, 6.45) is 1.20. The van der Waals surface area contributed by atoms with Gasteiger partial charge >= 0.3 is 12.1 Å². The molecule has 12 nitrogen and oxygen atoms in total. The van der Waals surface area contributed by atoms with Crippen LogP contribution in [0.1, 0.15) is 27.0 Å². The quantitative estimate of drug-likeness (QED) is 0.163. The Morgan fingerprint density at radius 3 is 2.40 bits per heavy atom. The number of nitrogens with zero attached hydrogens (tertiary/aromatic N) is 2. The number of carbonyl (C=O) groups excluding carboxylic acids is 2. The molecule has 5 rings (SSSR count). The first-order valence-electron chi connectivity index (χ1n) is 14.6. The van der Waals surface area contributed by atoms with E-state index in [4.69, 9.17) is 4.74 Å². The van der Waals surface area contributed by atoms with Crippen LogP contribution in [0.25, 0.3) is 10.9 Å². The first kappa shape index (κ1) is 30.8. The maximum atomic E-state index is 13.5. The highest BCUT2D eigenvalue weighted by atomic mass is 16.5. The van der Waals surface area contributed by atoms with Crippen LogP contribution in [0, 0.1) is 0 Å². The van der Waals surface area contributed by atoms with E-state index in [0.29, 0.717) is 37.0 Å². The van der Waals surface area contributed by atoms with Crippen LogP contribution in [0.15, 0.2) is 94.8 Å². The first-order chi connectivity index (χ1) is 21.9. The van der Waals surface area contributed by atoms with Gasteiger partial charge in [0.15, 0.2) is 5.96 Å². The molecular weight excluding hydrogens is 576 g/mol. The van der Waals surface area contributed by atoms with E-state index in [2.05, 4.69) is 26.3 Å². The van der Waals surface area contributed by atoms with Gasteiger partial charge in [0.1, 0.15) is 18.2 Å². The average Bonchev–Trinajstić information content (AvgIpc) is 3.59. The number of guanidine groups is 1. The summed E-state index contributed by atoms with van der Waals surface area (Å²) >= 11 is 0. The van der Waals surface area contributed by atoms with Gasteiger partial charge in [0, 0.05) is 37.8 Å². The van der Waals surface area contributed by atoms with Gasteiger partial charge in [0.05, 0.1) is 12.1 Å². The lowest BCUT2D eigenvalue weighted by atomic mass is 10.1. The molecule has 1 atom stereocenters. The average molecular weight is 611 g/mol. The minimum Gasteiger partial charge on any atom is -0.480 e. The number of carbonyl (C=O) groups is 3. The van der Waals surface area contributed by atoms with E-state index < -0.39 is 36.0 Å². The largest absolute Gasteiger partial charge is 0.480 e. The number of hydrogen-bond donors (Lipinski definition) is 5. The molecule has 2 heterocycles. The van der Waals surface area contributed by atoms with E-state index in [0.717, 1.165) is 29.2 Å². The van der Waals surface area contributed by atoms with E-state index in [-0.39, 0.29) is 12.2 Å². The molecule has 0 saturated carbocycles. The maximum absolute atomic E-state index is 13.5. The molecule has 2 amide bonds. The number of carboxylic acid groups (broad SMARTS) is 1. The molecule has 0 radical (unpaired) electrons. The summed E-state index contributed by atoms with van der Waals surface area (Å²) < 4.78 is 6.97. The lowest BCUT2D eigenvalue weighted by Crippen LogP contribution is -2.49. The molecule has 0 spiro atoms. The molecule has 1 unspecified atom stereocenters. The molecule has 0 fully saturated rings. The lowest BCUT2D eigenvalue weighted by molar-refractivity contribution is -0.139. The van der Waals surface area contributed by atoms with Gasteiger partial charge in [-0.15, -0.1) is 0 Å². The Labute approximate surface area is 259 Å². The van der Waals surface area contributed by atoms with Crippen LogP contribution in [0.3, 0.4) is 0 Å². The van der Waals surface area contributed by atoms with Crippen LogP contribution in [0.4, 0.5) is 4.79 Å². The third-order valence-electron chi connectivity index (χ3n) is 7.28. The number of amides is 2. The molecule has 0 bridgehead atoms. The number of pyridine rings is 1. The summed E-state index contributed by atoms with van der Waals surface area (Å²) in [5.74, 6) is -1.40. The molecular formula is C33H34N6O6. The normalized spacial score (nSPS) is 12.9. The molecule has 5 N–H and O–H groups in total. The maximum Gasteiger partial charge on any atom is 0.408 e. The highest BCUT2D eigenvalue weighted by molar-refractivity contribution is 5.97. The van der Waals surface area contributed by atoms with Crippen LogP contribution >= 0.6 is 0 Å². The third kappa shape index (κ3) is 8.25. The monoisotopic (exact) mass is 610 g/mol. The summed E-state index contributed by atoms with van der Waals surface area (Å²) in [5, 5.41) is 21.2. The van der Waals surface area contributed by atoms with Gasteiger partial charge in [0.25, 0.3) is 5.91 Å². The van der Waals surface area contributed by atoms with Gasteiger partial charge in [0.2, 0.25) is 5.43 Å². The molecule has 12 heteroatoms. The zero-order valence-electron chi connectivity index (χ0n) is 24.5. The molecule has 0 saturated heterocycles. The number of aromatic nitrogens is 1. The van der Waals surface area contributed by atoms with Gasteiger partial charge in [-0.05, 0) is 35.2 Å². The van der Waals surface area contributed by atoms with Gasteiger partial charge in [-0.25, -0.2) is 9.59 Å². The van der Waals surface area contributed by atoms with E-state index >= 15 is 0 Å². The predicted octanol–water partition coefficient (Wildman–Crippen LogP) is 2.40. The van der Waals surface area contributed by atoms with Crippen molar-refractivity contribution in [3.05, 3.63) is 118 Å². The minimum absolute atomic E-state index is 0.0472. The second-order valence-electron chi connectivity index (χ2n) is 10.5. The van der Waals surface area contributed by atoms with Gasteiger partial charge in [-0.3, -0.25) is 14.6 Å². The Hall–Kier alpha value is -5.65. The number of carboxylic acids is 1. The van der Waals surface area contributed by atoms with Crippen LogP contribution in [0.2, 0.25) is 0 Å². The number of aliphatic imine (C=N–C) groups is 1. The van der Waals surface area contributed by atoms with E-state index in [1.165, 1.54) is 6.20 Å². The fourth-order valence-electron chi connectivity index (χ4n) is 4.89. The predicted molar refractivity (Wildman–Crippen MR) is 169 cm³/mol. The number of nitrogens with one attached hydrogen (secondary N) is 4. The van der Waals surface area contributed by atoms with Crippen LogP contribution in [-0.2, 0) is 35.6 Å². The molecule has 1 aliphatic heterocycles. The summed E-state index contributed by atoms with van der Waals surface area (Å²) in [7, 11) is 0. The van der Waals surface area contributed by atoms with Crippen molar-refractivity contribution in [2.75, 3.05) is 19.6 Å². The topological polar surface area (TPSA) is 163 Å². The molecule has 232 valence electrons. The number of ether oxygens (including phenoxy) is 1. The first-order valence-corrected chi connectivity index (χ1v) is 14.6. The Morgan fingerprint density at radius 1 is 0.978 bits per heavy atom. The molecule has 45 heavy (non-hydrogen) atoms. The van der Waals surface area contributed by atoms with Crippen molar-refractivity contribution in [1.82, 2.24) is 25.8 Å². The third-order valence-corrected chi connectivity index (χ3v) is 7.28. The van der Waals surface area contributed by atoms with Crippen LogP contribution < -0.4 is 26.7 Å². The van der Waals surface area contributed by atoms with Crippen LogP contribution in [-0.4, -0.2) is 59.3 Å². The summed E-state index contributed by atoms with van der Waals surface area (Å²) in [6.45, 7) is 1.97. The smallest absolute Gasteiger partial charge is 0.408 e. The molecule has 3 aromatic carbocycles. The van der Waals surface area contributed by atoms with Crippen LogP contribution in [0.5, 0.6) is 0 Å². The second kappa shape index (κ2) is 14.7. The lowest BCUT2D eigenvalue weighted by Gasteiger charge is -2.17. The Bertz CT molecular complexity index is 1760. The molecule has 1 aromatic heterocycles. The van der Waals surface area contributed by atoms with Crippen molar-refractivity contribution in [3.8, 4) is 0 Å². The summed E-state index contributed by atoms with van der Waals surface area (Å²) in [5.41, 5.74) is 2.80. The molecule has 4 aromatic rings. The van der Waals surface area contributed by atoms with Crippen molar-refractivity contribution in [1.29, 1.82) is 0 Å². The number of aliphatic carboxylic acids is 1. The van der Waals surface area contributed by atoms with Crippen molar-refractivity contribution in [2.24, 2.45) is 4.99 Å². The Balaban J connectivity index is 1.32. The fourth-order valence-corrected chi connectivity index (χ4v) is 4.89. The van der Waals surface area contributed by atoms with Gasteiger partial charge in [-0.1, -0.05) is 66.7 Å². The standard InChI is InChI=1S/C33H34N6O6/c40-29-25-12-11-24(18-37-32-34-14-15-35-32)17-28(25)39(16-13-22-7-3-1-4-8-22)20-26(29)30(41)36-19-27(31(42)43)38-33(44)45-21-23-9-5-2-6-10-23/h1-12,17,20,27H,13-16,18-19,21H2,(H,36,41)(H,38,44)(H,42,43)(H2,34,35,37). The summed E-state index contributed by atoms with van der Waals surface area (Å²) in [4.78, 5) is 55.2. The number of benzene rings is 3. The van der Waals surface area contributed by atoms with E-state index in [1.54, 1.807) is 30.3 Å². The van der Waals surface area contributed by atoms with Crippen molar-refractivity contribution < 1.29 is 24.2 Å². The zero-order chi connectivity index (χ0) is 31.6. The number of alkyl carbamates (subject to hydrolysis) is 1. The van der Waals surface area contributed by atoms with Crippen molar-refractivity contribution in [3.63, 3.8) is 0 Å². The van der Waals surface area contributed by atoms with Crippen molar-refractivity contribution in [2.45, 2.75) is 32.2 Å². The zero-order valence-corrected chi connectivity index (χ0v) is 24.5. The summed E-state index contributed by atoms with van der Waals surface area (Å²) in [6, 6.07) is 22.7. The van der Waals surface area contributed by atoms with Gasteiger partial charge in [-0.2, -0.15) is 0 Å². The minimum atomic E-state index is -1.48. The fraction of sp³-hybridized carbons (Fsp3) is 0.242. The SMILES string of the molecule is O=C(NC(CNC(=O)c1cn(CCc2ccccc2)c2cc(CNC3=NCCN3)ccc2c1=O)C(=O)O)OCc1ccccc1. The molecule has 1 aliphatic rings. The highest BCUT2D eigenvalue weighted by Crippen LogP contribution is 2.16. The van der Waals surface area contributed by atoms with Gasteiger partial charge < -0.3 is 35.7 Å². The Morgan fingerprint density at radius 2 is 1.71 bits per heavy atom. The number of aryl methyl sites for hydroxylation is 2. The number of hydrogen-bond acceptors (Lipinski definition) is 8. The molecule has 0 aliphatic carbocycles. The van der Waals surface area contributed by atoms with Crippen molar-refractivity contribution >= 4 is 34.8 Å². The second-order valence-corrected chi connectivity index (χ2v) is 10.5. The Kier molecular flexibility index (Phi) is 10.1. The number of rotatable bonds is 12. The van der Waals surface area contributed by atoms with E-state index in [9.17, 15) is 24.3 Å².